The minimum Gasteiger partial charge on any atom is -0.494 e. The molecule has 0 fully saturated rings. The fraction of sp³-hybridized carbons (Fsp3) is 0.200. The zero-order chi connectivity index (χ0) is 13.1. The van der Waals surface area contributed by atoms with Crippen molar-refractivity contribution in [2.24, 2.45) is 0 Å². The first kappa shape index (κ1) is 14.3. The molecule has 7 heteroatoms. The van der Waals surface area contributed by atoms with Crippen LogP contribution in [-0.2, 0) is 10.0 Å². The lowest BCUT2D eigenvalue weighted by Crippen LogP contribution is -2.24. The lowest BCUT2D eigenvalue weighted by molar-refractivity contribution is 0.402. The summed E-state index contributed by atoms with van der Waals surface area (Å²) in [6.07, 6.45) is 1.43. The number of hydrogen-bond acceptors (Lipinski definition) is 3. The number of benzene rings is 1. The minimum absolute atomic E-state index is 0.0626. The Kier molecular flexibility index (Phi) is 4.82. The first-order chi connectivity index (χ1) is 7.92. The zero-order valence-electron chi connectivity index (χ0n) is 9.04. The summed E-state index contributed by atoms with van der Waals surface area (Å²) in [7, 11) is -2.39. The third-order valence-electron chi connectivity index (χ3n) is 1.89. The second-order valence-electron chi connectivity index (χ2n) is 3.06. The molecule has 1 N–H and O–H groups in total. The van der Waals surface area contributed by atoms with Crippen LogP contribution in [0.1, 0.15) is 0 Å². The Bertz CT molecular complexity index is 529. The molecule has 0 aromatic heterocycles. The number of nitrogens with one attached hydrogen (secondary N) is 1. The van der Waals surface area contributed by atoms with Crippen molar-refractivity contribution in [2.45, 2.75) is 4.90 Å². The van der Waals surface area contributed by atoms with Crippen molar-refractivity contribution in [3.63, 3.8) is 0 Å². The molecule has 0 heterocycles. The molecule has 94 valence electrons. The Morgan fingerprint density at radius 3 is 2.65 bits per heavy atom. The molecule has 0 atom stereocenters. The van der Waals surface area contributed by atoms with Gasteiger partial charge in [0.1, 0.15) is 4.90 Å². The van der Waals surface area contributed by atoms with Gasteiger partial charge in [-0.25, -0.2) is 13.1 Å². The molecule has 4 nitrogen and oxygen atoms in total. The van der Waals surface area contributed by atoms with Crippen LogP contribution in [0.2, 0.25) is 10.0 Å². The summed E-state index contributed by atoms with van der Waals surface area (Å²) < 4.78 is 31.1. The van der Waals surface area contributed by atoms with Gasteiger partial charge < -0.3 is 4.74 Å². The zero-order valence-corrected chi connectivity index (χ0v) is 11.4. The van der Waals surface area contributed by atoms with E-state index >= 15 is 0 Å². The molecule has 0 aliphatic carbocycles. The van der Waals surface area contributed by atoms with Crippen LogP contribution >= 0.6 is 23.2 Å². The van der Waals surface area contributed by atoms with Crippen LogP contribution in [-0.4, -0.2) is 22.1 Å². The maximum atomic E-state index is 11.9. The summed E-state index contributed by atoms with van der Waals surface area (Å²) >= 11 is 11.6. The molecule has 0 aliphatic rings. The van der Waals surface area contributed by atoms with Crippen molar-refractivity contribution >= 4 is 33.2 Å². The Balaban J connectivity index is 3.34. The quantitative estimate of drug-likeness (QED) is 0.849. The molecular formula is C10H11Cl2NO3S. The number of halogens is 2. The first-order valence-corrected chi connectivity index (χ1v) is 6.80. The predicted octanol–water partition coefficient (Wildman–Crippen LogP) is 2.47. The molecule has 1 aromatic carbocycles. The third kappa shape index (κ3) is 3.35. The monoisotopic (exact) mass is 295 g/mol. The number of methoxy groups -OCH3 is 1. The van der Waals surface area contributed by atoms with Gasteiger partial charge in [-0.2, -0.15) is 0 Å². The maximum absolute atomic E-state index is 11.9. The SMILES string of the molecule is C=CCNS(=O)(=O)c1cc(Cl)cc(Cl)c1OC. The summed E-state index contributed by atoms with van der Waals surface area (Å²) in [5, 5.41) is 0.355. The van der Waals surface area contributed by atoms with Crippen molar-refractivity contribution < 1.29 is 13.2 Å². The van der Waals surface area contributed by atoms with E-state index in [0.29, 0.717) is 0 Å². The Morgan fingerprint density at radius 1 is 1.47 bits per heavy atom. The van der Waals surface area contributed by atoms with Crippen LogP contribution in [0.5, 0.6) is 5.75 Å². The molecule has 0 amide bonds. The number of rotatable bonds is 5. The minimum atomic E-state index is -3.73. The Morgan fingerprint density at radius 2 is 2.12 bits per heavy atom. The second-order valence-corrected chi connectivity index (χ2v) is 5.64. The standard InChI is InChI=1S/C10H11Cl2NO3S/c1-3-4-13-17(14,15)9-6-7(11)5-8(12)10(9)16-2/h3,5-6,13H,1,4H2,2H3. The van der Waals surface area contributed by atoms with Crippen molar-refractivity contribution in [3.05, 3.63) is 34.8 Å². The molecule has 0 saturated carbocycles. The average molecular weight is 296 g/mol. The second kappa shape index (κ2) is 5.73. The van der Waals surface area contributed by atoms with E-state index in [-0.39, 0.29) is 27.2 Å². The highest BCUT2D eigenvalue weighted by Crippen LogP contribution is 2.34. The summed E-state index contributed by atoms with van der Waals surface area (Å²) in [5.74, 6) is 0.0626. The van der Waals surface area contributed by atoms with Crippen molar-refractivity contribution in [1.82, 2.24) is 4.72 Å². The molecule has 0 unspecified atom stereocenters. The topological polar surface area (TPSA) is 55.4 Å². The molecular weight excluding hydrogens is 285 g/mol. The fourth-order valence-corrected chi connectivity index (χ4v) is 3.08. The summed E-state index contributed by atoms with van der Waals surface area (Å²) in [6, 6.07) is 2.69. The van der Waals surface area contributed by atoms with Crippen LogP contribution in [0, 0.1) is 0 Å². The van der Waals surface area contributed by atoms with Crippen LogP contribution in [0.3, 0.4) is 0 Å². The lowest BCUT2D eigenvalue weighted by atomic mass is 10.3. The number of hydrogen-bond donors (Lipinski definition) is 1. The van der Waals surface area contributed by atoms with Gasteiger partial charge in [-0.1, -0.05) is 29.3 Å². The van der Waals surface area contributed by atoms with E-state index in [2.05, 4.69) is 11.3 Å². The van der Waals surface area contributed by atoms with Gasteiger partial charge in [0.15, 0.2) is 5.75 Å². The molecule has 0 saturated heterocycles. The van der Waals surface area contributed by atoms with E-state index in [1.807, 2.05) is 0 Å². The lowest BCUT2D eigenvalue weighted by Gasteiger charge is -2.11. The molecule has 0 aliphatic heterocycles. The van der Waals surface area contributed by atoms with Crippen molar-refractivity contribution in [1.29, 1.82) is 0 Å². The normalized spacial score (nSPS) is 11.2. The van der Waals surface area contributed by atoms with E-state index in [1.165, 1.54) is 25.3 Å². The average Bonchev–Trinajstić information content (AvgIpc) is 2.25. The van der Waals surface area contributed by atoms with Gasteiger partial charge in [-0.3, -0.25) is 0 Å². The largest absolute Gasteiger partial charge is 0.494 e. The molecule has 0 bridgehead atoms. The van der Waals surface area contributed by atoms with E-state index in [0.717, 1.165) is 0 Å². The van der Waals surface area contributed by atoms with E-state index in [1.54, 1.807) is 0 Å². The maximum Gasteiger partial charge on any atom is 0.244 e. The van der Waals surface area contributed by atoms with Gasteiger partial charge in [-0.05, 0) is 12.1 Å². The Hall–Kier alpha value is -0.750. The summed E-state index contributed by atoms with van der Waals surface area (Å²) in [6.45, 7) is 3.53. The summed E-state index contributed by atoms with van der Waals surface area (Å²) in [5.41, 5.74) is 0. The molecule has 1 rings (SSSR count). The fourth-order valence-electron chi connectivity index (χ4n) is 1.18. The van der Waals surface area contributed by atoms with Gasteiger partial charge in [0.25, 0.3) is 0 Å². The van der Waals surface area contributed by atoms with Crippen molar-refractivity contribution in [2.75, 3.05) is 13.7 Å². The smallest absolute Gasteiger partial charge is 0.244 e. The van der Waals surface area contributed by atoms with Crippen molar-refractivity contribution in [3.8, 4) is 5.75 Å². The van der Waals surface area contributed by atoms with E-state index in [4.69, 9.17) is 27.9 Å². The number of ether oxygens (including phenoxy) is 1. The Labute approximate surface area is 110 Å². The van der Waals surface area contributed by atoms with E-state index < -0.39 is 10.0 Å². The van der Waals surface area contributed by atoms with Crippen LogP contribution < -0.4 is 9.46 Å². The highest BCUT2D eigenvalue weighted by atomic mass is 35.5. The van der Waals surface area contributed by atoms with Gasteiger partial charge in [-0.15, -0.1) is 6.58 Å². The number of sulfonamides is 1. The molecule has 1 aromatic rings. The molecule has 0 radical (unpaired) electrons. The van der Waals surface area contributed by atoms with Gasteiger partial charge >= 0.3 is 0 Å². The van der Waals surface area contributed by atoms with E-state index in [9.17, 15) is 8.42 Å². The van der Waals surface area contributed by atoms with Crippen LogP contribution in [0.15, 0.2) is 29.7 Å². The highest BCUT2D eigenvalue weighted by molar-refractivity contribution is 7.89. The third-order valence-corrected chi connectivity index (χ3v) is 3.81. The van der Waals surface area contributed by atoms with Crippen LogP contribution in [0.4, 0.5) is 0 Å². The first-order valence-electron chi connectivity index (χ1n) is 4.56. The van der Waals surface area contributed by atoms with Crippen LogP contribution in [0.25, 0.3) is 0 Å². The molecule has 0 spiro atoms. The molecule has 17 heavy (non-hydrogen) atoms. The predicted molar refractivity (Wildman–Crippen MR) is 68.4 cm³/mol. The highest BCUT2D eigenvalue weighted by Gasteiger charge is 2.21. The van der Waals surface area contributed by atoms with Gasteiger partial charge in [0.2, 0.25) is 10.0 Å². The van der Waals surface area contributed by atoms with Gasteiger partial charge in [0.05, 0.1) is 12.1 Å². The summed E-state index contributed by atoms with van der Waals surface area (Å²) in [4.78, 5) is -0.0978. The van der Waals surface area contributed by atoms with Gasteiger partial charge in [0, 0.05) is 11.6 Å².